The fourth-order valence-electron chi connectivity index (χ4n) is 3.39. The van der Waals surface area contributed by atoms with E-state index in [0.717, 1.165) is 17.7 Å². The molecule has 1 aliphatic heterocycles. The molecule has 0 fully saturated rings. The number of amides is 1. The first kappa shape index (κ1) is 18.7. The Bertz CT molecular complexity index is 1010. The number of ether oxygens (including phenoxy) is 2. The third-order valence-corrected chi connectivity index (χ3v) is 4.93. The number of fused-ring (bicyclic) bond motifs is 1. The number of nitrogens with zero attached hydrogens (tertiary/aromatic N) is 3. The van der Waals surface area contributed by atoms with Gasteiger partial charge in [-0.2, -0.15) is 0 Å². The van der Waals surface area contributed by atoms with Crippen LogP contribution in [0.3, 0.4) is 0 Å². The minimum Gasteiger partial charge on any atom is -0.493 e. The van der Waals surface area contributed by atoms with E-state index in [-0.39, 0.29) is 5.91 Å². The molecular formula is C22H22N4O3. The molecule has 0 atom stereocenters. The molecule has 1 amide bonds. The molecule has 4 rings (SSSR count). The van der Waals surface area contributed by atoms with Crippen LogP contribution in [0.2, 0.25) is 0 Å². The molecule has 29 heavy (non-hydrogen) atoms. The van der Waals surface area contributed by atoms with Gasteiger partial charge in [0.1, 0.15) is 0 Å². The first-order valence-corrected chi connectivity index (χ1v) is 9.35. The van der Waals surface area contributed by atoms with Gasteiger partial charge in [0, 0.05) is 31.2 Å². The Labute approximate surface area is 169 Å². The van der Waals surface area contributed by atoms with E-state index in [0.29, 0.717) is 36.1 Å². The lowest BCUT2D eigenvalue weighted by atomic mass is 9.98. The fraction of sp³-hybridized carbons (Fsp3) is 0.227. The van der Waals surface area contributed by atoms with Crippen molar-refractivity contribution < 1.29 is 14.3 Å². The number of nitrogens with one attached hydrogen (secondary N) is 1. The number of anilines is 2. The molecule has 7 nitrogen and oxygen atoms in total. The lowest BCUT2D eigenvalue weighted by Crippen LogP contribution is -2.36. The molecule has 0 unspecified atom stereocenters. The van der Waals surface area contributed by atoms with Gasteiger partial charge in [-0.25, -0.2) is 9.97 Å². The van der Waals surface area contributed by atoms with Gasteiger partial charge in [0.05, 0.1) is 19.8 Å². The third kappa shape index (κ3) is 3.99. The van der Waals surface area contributed by atoms with E-state index >= 15 is 0 Å². The van der Waals surface area contributed by atoms with E-state index in [2.05, 4.69) is 15.3 Å². The van der Waals surface area contributed by atoms with Gasteiger partial charge in [-0.1, -0.05) is 18.2 Å². The molecule has 3 aromatic rings. The molecule has 0 saturated heterocycles. The zero-order valence-corrected chi connectivity index (χ0v) is 16.4. The molecular weight excluding hydrogens is 368 g/mol. The predicted octanol–water partition coefficient (Wildman–Crippen LogP) is 3.44. The van der Waals surface area contributed by atoms with Crippen LogP contribution in [0.25, 0.3) is 0 Å². The second-order valence-corrected chi connectivity index (χ2v) is 6.74. The molecule has 1 N–H and O–H groups in total. The van der Waals surface area contributed by atoms with Crippen molar-refractivity contribution in [3.05, 3.63) is 71.5 Å². The normalized spacial score (nSPS) is 12.8. The van der Waals surface area contributed by atoms with Crippen molar-refractivity contribution in [3.8, 4) is 11.5 Å². The summed E-state index contributed by atoms with van der Waals surface area (Å²) in [7, 11) is 3.23. The number of rotatable bonds is 5. The lowest BCUT2D eigenvalue weighted by Gasteiger charge is -2.29. The smallest absolute Gasteiger partial charge is 0.257 e. The second-order valence-electron chi connectivity index (χ2n) is 6.74. The summed E-state index contributed by atoms with van der Waals surface area (Å²) in [5.41, 5.74) is 3.59. The Morgan fingerprint density at radius 1 is 1.00 bits per heavy atom. The predicted molar refractivity (Wildman–Crippen MR) is 110 cm³/mol. The standard InChI is InChI=1S/C22H22N4O3/c1-28-19-10-15-8-9-26(14-16(15)11-20(19)29-2)21(27)17-12-23-22(24-13-17)25-18-6-4-3-5-7-18/h3-7,10-13H,8-9,14H2,1-2H3,(H,23,24,25). The number of carbonyl (C=O) groups excluding carboxylic acids is 1. The van der Waals surface area contributed by atoms with E-state index in [1.54, 1.807) is 31.5 Å². The summed E-state index contributed by atoms with van der Waals surface area (Å²) in [6.07, 6.45) is 3.88. The molecule has 148 valence electrons. The maximum atomic E-state index is 12.9. The Balaban J connectivity index is 1.47. The van der Waals surface area contributed by atoms with E-state index in [1.807, 2.05) is 42.5 Å². The Morgan fingerprint density at radius 2 is 1.66 bits per heavy atom. The van der Waals surface area contributed by atoms with Gasteiger partial charge in [-0.05, 0) is 41.8 Å². The number of carbonyl (C=O) groups is 1. The van der Waals surface area contributed by atoms with Crippen LogP contribution < -0.4 is 14.8 Å². The zero-order valence-electron chi connectivity index (χ0n) is 16.4. The first-order valence-electron chi connectivity index (χ1n) is 9.35. The minimum absolute atomic E-state index is 0.0864. The maximum Gasteiger partial charge on any atom is 0.257 e. The van der Waals surface area contributed by atoms with Gasteiger partial charge in [0.2, 0.25) is 5.95 Å². The average Bonchev–Trinajstić information content (AvgIpc) is 2.78. The SMILES string of the molecule is COc1cc2c(cc1OC)CN(C(=O)c1cnc(Nc3ccccc3)nc1)CC2. The van der Waals surface area contributed by atoms with Gasteiger partial charge in [0.15, 0.2) is 11.5 Å². The number of aromatic nitrogens is 2. The number of para-hydroxylation sites is 1. The summed E-state index contributed by atoms with van der Waals surface area (Å²) in [5.74, 6) is 1.74. The van der Waals surface area contributed by atoms with Gasteiger partial charge in [-0.3, -0.25) is 4.79 Å². The Hall–Kier alpha value is -3.61. The molecule has 0 spiro atoms. The molecule has 7 heteroatoms. The summed E-state index contributed by atoms with van der Waals surface area (Å²) in [5, 5.41) is 3.11. The maximum absolute atomic E-state index is 12.9. The molecule has 0 bridgehead atoms. The van der Waals surface area contributed by atoms with E-state index in [1.165, 1.54) is 5.56 Å². The average molecular weight is 390 g/mol. The molecule has 0 saturated carbocycles. The molecule has 1 aliphatic rings. The number of benzene rings is 2. The van der Waals surface area contributed by atoms with Gasteiger partial charge < -0.3 is 19.7 Å². The lowest BCUT2D eigenvalue weighted by molar-refractivity contribution is 0.0733. The highest BCUT2D eigenvalue weighted by molar-refractivity contribution is 5.93. The molecule has 0 radical (unpaired) electrons. The molecule has 2 heterocycles. The van der Waals surface area contributed by atoms with Gasteiger partial charge >= 0.3 is 0 Å². The van der Waals surface area contributed by atoms with Crippen LogP contribution in [-0.4, -0.2) is 41.5 Å². The van der Waals surface area contributed by atoms with Crippen molar-refractivity contribution in [3.63, 3.8) is 0 Å². The first-order chi connectivity index (χ1) is 14.2. The summed E-state index contributed by atoms with van der Waals surface area (Å²) >= 11 is 0. The monoisotopic (exact) mass is 390 g/mol. The van der Waals surface area contributed by atoms with Crippen LogP contribution in [0.1, 0.15) is 21.5 Å². The fourth-order valence-corrected chi connectivity index (χ4v) is 3.39. The van der Waals surface area contributed by atoms with Crippen LogP contribution in [0.5, 0.6) is 11.5 Å². The number of hydrogen-bond donors (Lipinski definition) is 1. The summed E-state index contributed by atoms with van der Waals surface area (Å²) in [4.78, 5) is 23.3. The van der Waals surface area contributed by atoms with Crippen molar-refractivity contribution in [2.24, 2.45) is 0 Å². The van der Waals surface area contributed by atoms with E-state index in [4.69, 9.17) is 9.47 Å². The van der Waals surface area contributed by atoms with E-state index < -0.39 is 0 Å². The Kier molecular flexibility index (Phi) is 5.29. The third-order valence-electron chi connectivity index (χ3n) is 4.93. The van der Waals surface area contributed by atoms with Gasteiger partial charge in [0.25, 0.3) is 5.91 Å². The van der Waals surface area contributed by atoms with Crippen LogP contribution in [0, 0.1) is 0 Å². The van der Waals surface area contributed by atoms with Crippen LogP contribution >= 0.6 is 0 Å². The summed E-state index contributed by atoms with van der Waals surface area (Å²) in [6.45, 7) is 1.14. The Morgan fingerprint density at radius 3 is 2.31 bits per heavy atom. The second kappa shape index (κ2) is 8.18. The quantitative estimate of drug-likeness (QED) is 0.719. The minimum atomic E-state index is -0.0864. The van der Waals surface area contributed by atoms with Crippen molar-refractivity contribution in [1.82, 2.24) is 14.9 Å². The summed E-state index contributed by atoms with van der Waals surface area (Å²) < 4.78 is 10.8. The highest BCUT2D eigenvalue weighted by atomic mass is 16.5. The van der Waals surface area contributed by atoms with Crippen LogP contribution in [-0.2, 0) is 13.0 Å². The topological polar surface area (TPSA) is 76.6 Å². The van der Waals surface area contributed by atoms with Crippen molar-refractivity contribution in [2.75, 3.05) is 26.1 Å². The van der Waals surface area contributed by atoms with Crippen LogP contribution in [0.15, 0.2) is 54.9 Å². The van der Waals surface area contributed by atoms with E-state index in [9.17, 15) is 4.79 Å². The van der Waals surface area contributed by atoms with Crippen molar-refractivity contribution >= 4 is 17.5 Å². The molecule has 0 aliphatic carbocycles. The van der Waals surface area contributed by atoms with Crippen molar-refractivity contribution in [2.45, 2.75) is 13.0 Å². The van der Waals surface area contributed by atoms with Crippen molar-refractivity contribution in [1.29, 1.82) is 0 Å². The van der Waals surface area contributed by atoms with Gasteiger partial charge in [-0.15, -0.1) is 0 Å². The number of methoxy groups -OCH3 is 2. The largest absolute Gasteiger partial charge is 0.493 e. The zero-order chi connectivity index (χ0) is 20.2. The number of hydrogen-bond acceptors (Lipinski definition) is 6. The van der Waals surface area contributed by atoms with Crippen LogP contribution in [0.4, 0.5) is 11.6 Å². The highest BCUT2D eigenvalue weighted by Crippen LogP contribution is 2.33. The summed E-state index contributed by atoms with van der Waals surface area (Å²) in [6, 6.07) is 13.6. The molecule has 1 aromatic heterocycles. The molecule has 2 aromatic carbocycles. The highest BCUT2D eigenvalue weighted by Gasteiger charge is 2.24.